The molecular formula is C14H25N3. The number of rotatable bonds is 6. The average molecular weight is 235 g/mol. The summed E-state index contributed by atoms with van der Waals surface area (Å²) in [6.45, 7) is 2.28. The number of hydrogen-bond donors (Lipinski definition) is 1. The summed E-state index contributed by atoms with van der Waals surface area (Å²) >= 11 is 0. The van der Waals surface area contributed by atoms with Crippen molar-refractivity contribution in [3.63, 3.8) is 0 Å². The van der Waals surface area contributed by atoms with Gasteiger partial charge in [0.25, 0.3) is 0 Å². The van der Waals surface area contributed by atoms with Gasteiger partial charge in [0.1, 0.15) is 0 Å². The Morgan fingerprint density at radius 2 is 1.94 bits per heavy atom. The van der Waals surface area contributed by atoms with E-state index in [1.165, 1.54) is 57.9 Å². The highest BCUT2D eigenvalue weighted by molar-refractivity contribution is 4.74. The molecule has 0 amide bonds. The number of nitrogens with zero attached hydrogens (tertiary/aromatic N) is 2. The molecule has 1 aliphatic carbocycles. The zero-order valence-corrected chi connectivity index (χ0v) is 10.8. The standard InChI is InChI=1S/C14H25N3/c1-2-4-8-14(7-3-1)16-9-5-6-11-17-12-10-15-13-17/h10,12-14,16H,1-9,11H2. The second-order valence-electron chi connectivity index (χ2n) is 5.15. The SMILES string of the molecule is c1cn(CCCCNC2CCCCCC2)cn1. The van der Waals surface area contributed by atoms with Crippen LogP contribution < -0.4 is 5.32 Å². The van der Waals surface area contributed by atoms with Crippen molar-refractivity contribution in [3.05, 3.63) is 18.7 Å². The molecule has 0 unspecified atom stereocenters. The third-order valence-electron chi connectivity index (χ3n) is 3.69. The molecule has 2 rings (SSSR count). The molecule has 0 bridgehead atoms. The van der Waals surface area contributed by atoms with Crippen LogP contribution in [-0.4, -0.2) is 22.1 Å². The molecular weight excluding hydrogens is 210 g/mol. The Morgan fingerprint density at radius 1 is 1.12 bits per heavy atom. The van der Waals surface area contributed by atoms with Crippen molar-refractivity contribution >= 4 is 0 Å². The fraction of sp³-hybridized carbons (Fsp3) is 0.786. The highest BCUT2D eigenvalue weighted by Gasteiger charge is 2.10. The van der Waals surface area contributed by atoms with E-state index in [-0.39, 0.29) is 0 Å². The van der Waals surface area contributed by atoms with Gasteiger partial charge in [0.15, 0.2) is 0 Å². The fourth-order valence-corrected chi connectivity index (χ4v) is 2.63. The van der Waals surface area contributed by atoms with Crippen molar-refractivity contribution in [2.45, 2.75) is 64.0 Å². The number of hydrogen-bond acceptors (Lipinski definition) is 2. The van der Waals surface area contributed by atoms with E-state index in [1.54, 1.807) is 0 Å². The van der Waals surface area contributed by atoms with Crippen LogP contribution in [0.15, 0.2) is 18.7 Å². The zero-order chi connectivity index (χ0) is 11.8. The molecule has 0 spiro atoms. The Balaban J connectivity index is 1.50. The Bertz CT molecular complexity index is 274. The van der Waals surface area contributed by atoms with Gasteiger partial charge in [0, 0.05) is 25.0 Å². The Kier molecular flexibility index (Phi) is 5.56. The monoisotopic (exact) mass is 235 g/mol. The van der Waals surface area contributed by atoms with Crippen molar-refractivity contribution in [1.82, 2.24) is 14.9 Å². The highest BCUT2D eigenvalue weighted by atomic mass is 15.0. The second kappa shape index (κ2) is 7.49. The van der Waals surface area contributed by atoms with Gasteiger partial charge in [0.05, 0.1) is 6.33 Å². The first-order chi connectivity index (χ1) is 8.45. The zero-order valence-electron chi connectivity index (χ0n) is 10.8. The molecule has 0 aliphatic heterocycles. The van der Waals surface area contributed by atoms with Gasteiger partial charge in [-0.15, -0.1) is 0 Å². The van der Waals surface area contributed by atoms with Crippen molar-refractivity contribution < 1.29 is 0 Å². The van der Waals surface area contributed by atoms with Crippen LogP contribution in [0.1, 0.15) is 51.4 Å². The van der Waals surface area contributed by atoms with Gasteiger partial charge in [-0.05, 0) is 32.2 Å². The highest BCUT2D eigenvalue weighted by Crippen LogP contribution is 2.17. The average Bonchev–Trinajstić information content (AvgIpc) is 2.72. The predicted molar refractivity (Wildman–Crippen MR) is 71.0 cm³/mol. The van der Waals surface area contributed by atoms with E-state index < -0.39 is 0 Å². The molecule has 1 fully saturated rings. The number of aromatic nitrogens is 2. The molecule has 0 radical (unpaired) electrons. The van der Waals surface area contributed by atoms with E-state index in [0.29, 0.717) is 0 Å². The summed E-state index contributed by atoms with van der Waals surface area (Å²) in [6.07, 6.45) is 16.8. The van der Waals surface area contributed by atoms with Gasteiger partial charge in [-0.3, -0.25) is 0 Å². The Hall–Kier alpha value is -0.830. The molecule has 1 aromatic rings. The van der Waals surface area contributed by atoms with Gasteiger partial charge in [-0.2, -0.15) is 0 Å². The molecule has 96 valence electrons. The molecule has 3 nitrogen and oxygen atoms in total. The molecule has 1 aromatic heterocycles. The van der Waals surface area contributed by atoms with Gasteiger partial charge >= 0.3 is 0 Å². The van der Waals surface area contributed by atoms with E-state index >= 15 is 0 Å². The fourth-order valence-electron chi connectivity index (χ4n) is 2.63. The van der Waals surface area contributed by atoms with Crippen LogP contribution in [0.25, 0.3) is 0 Å². The minimum absolute atomic E-state index is 0.797. The summed E-state index contributed by atoms with van der Waals surface area (Å²) in [5.41, 5.74) is 0. The van der Waals surface area contributed by atoms with Crippen molar-refractivity contribution in [1.29, 1.82) is 0 Å². The van der Waals surface area contributed by atoms with E-state index in [4.69, 9.17) is 0 Å². The molecule has 0 saturated heterocycles. The first-order valence-electron chi connectivity index (χ1n) is 7.14. The van der Waals surface area contributed by atoms with Crippen LogP contribution in [0, 0.1) is 0 Å². The maximum atomic E-state index is 4.05. The number of unbranched alkanes of at least 4 members (excludes halogenated alkanes) is 1. The summed E-state index contributed by atoms with van der Waals surface area (Å²) in [6, 6.07) is 0.797. The maximum Gasteiger partial charge on any atom is 0.0945 e. The third-order valence-corrected chi connectivity index (χ3v) is 3.69. The van der Waals surface area contributed by atoms with Gasteiger partial charge in [0.2, 0.25) is 0 Å². The van der Waals surface area contributed by atoms with Gasteiger partial charge in [-0.25, -0.2) is 4.98 Å². The van der Waals surface area contributed by atoms with Crippen LogP contribution in [0.5, 0.6) is 0 Å². The minimum atomic E-state index is 0.797. The summed E-state index contributed by atoms with van der Waals surface area (Å²) < 4.78 is 2.16. The van der Waals surface area contributed by atoms with Gasteiger partial charge < -0.3 is 9.88 Å². The lowest BCUT2D eigenvalue weighted by Gasteiger charge is -2.15. The van der Waals surface area contributed by atoms with Crippen molar-refractivity contribution in [2.75, 3.05) is 6.54 Å². The van der Waals surface area contributed by atoms with Crippen LogP contribution in [-0.2, 0) is 6.54 Å². The second-order valence-corrected chi connectivity index (χ2v) is 5.15. The van der Waals surface area contributed by atoms with Crippen LogP contribution in [0.4, 0.5) is 0 Å². The van der Waals surface area contributed by atoms with E-state index in [0.717, 1.165) is 12.6 Å². The lowest BCUT2D eigenvalue weighted by atomic mass is 10.1. The largest absolute Gasteiger partial charge is 0.337 e. The first-order valence-corrected chi connectivity index (χ1v) is 7.14. The van der Waals surface area contributed by atoms with Crippen LogP contribution in [0.3, 0.4) is 0 Å². The van der Waals surface area contributed by atoms with Gasteiger partial charge in [-0.1, -0.05) is 25.7 Å². The molecule has 0 aromatic carbocycles. The molecule has 1 saturated carbocycles. The Labute approximate surface area is 105 Å². The van der Waals surface area contributed by atoms with Crippen molar-refractivity contribution in [2.24, 2.45) is 0 Å². The van der Waals surface area contributed by atoms with Crippen LogP contribution >= 0.6 is 0 Å². The summed E-state index contributed by atoms with van der Waals surface area (Å²) in [5, 5.41) is 3.72. The number of imidazole rings is 1. The lowest BCUT2D eigenvalue weighted by Crippen LogP contribution is -2.29. The molecule has 0 atom stereocenters. The molecule has 1 N–H and O–H groups in total. The summed E-state index contributed by atoms with van der Waals surface area (Å²) in [7, 11) is 0. The van der Waals surface area contributed by atoms with Crippen molar-refractivity contribution in [3.8, 4) is 0 Å². The number of nitrogens with one attached hydrogen (secondary N) is 1. The number of aryl methyl sites for hydroxylation is 1. The van der Waals surface area contributed by atoms with E-state index in [1.807, 2.05) is 18.7 Å². The first kappa shape index (κ1) is 12.6. The molecule has 3 heteroatoms. The Morgan fingerprint density at radius 3 is 2.65 bits per heavy atom. The maximum absolute atomic E-state index is 4.05. The van der Waals surface area contributed by atoms with E-state index in [2.05, 4.69) is 14.9 Å². The molecule has 1 heterocycles. The predicted octanol–water partition coefficient (Wildman–Crippen LogP) is 2.98. The smallest absolute Gasteiger partial charge is 0.0945 e. The normalized spacial score (nSPS) is 18.1. The minimum Gasteiger partial charge on any atom is -0.337 e. The summed E-state index contributed by atoms with van der Waals surface area (Å²) in [5.74, 6) is 0. The quantitative estimate of drug-likeness (QED) is 0.607. The lowest BCUT2D eigenvalue weighted by molar-refractivity contribution is 0.446. The summed E-state index contributed by atoms with van der Waals surface area (Å²) in [4.78, 5) is 4.05. The third kappa shape index (κ3) is 4.90. The topological polar surface area (TPSA) is 29.9 Å². The van der Waals surface area contributed by atoms with Crippen LogP contribution in [0.2, 0.25) is 0 Å². The molecule has 17 heavy (non-hydrogen) atoms. The van der Waals surface area contributed by atoms with E-state index in [9.17, 15) is 0 Å². The molecule has 1 aliphatic rings.